The van der Waals surface area contributed by atoms with E-state index in [4.69, 9.17) is 0 Å². The molecule has 0 N–H and O–H groups in total. The molecule has 0 bridgehead atoms. The highest BCUT2D eigenvalue weighted by Gasteiger charge is 2.27. The van der Waals surface area contributed by atoms with Crippen LogP contribution in [0.3, 0.4) is 0 Å². The van der Waals surface area contributed by atoms with Gasteiger partial charge in [-0.2, -0.15) is 0 Å². The maximum Gasteiger partial charge on any atom is -0.0116 e. The zero-order valence-electron chi connectivity index (χ0n) is 36.2. The lowest BCUT2D eigenvalue weighted by Gasteiger charge is -2.29. The smallest absolute Gasteiger partial charge is 0.0116 e. The number of rotatable bonds is 12. The standard InChI is InChI=1S/2C27H33P/c2*1-19(2)22-13-7-10-16-25(22)28(26-17-11-8-14-23(26)20(3)4)27-18-12-9-15-24(27)21(5)6/h2*7-21H,1-6H3. The van der Waals surface area contributed by atoms with Crippen LogP contribution in [0, 0.1) is 0 Å². The van der Waals surface area contributed by atoms with Crippen molar-refractivity contribution in [1.29, 1.82) is 0 Å². The van der Waals surface area contributed by atoms with Crippen LogP contribution < -0.4 is 31.8 Å². The lowest BCUT2D eigenvalue weighted by molar-refractivity contribution is 0.870. The largest absolute Gasteiger partial charge is 0.0619 e. The van der Waals surface area contributed by atoms with Crippen LogP contribution in [0.25, 0.3) is 0 Å². The molecule has 0 radical (unpaired) electrons. The first-order chi connectivity index (χ1) is 26.8. The van der Waals surface area contributed by atoms with E-state index >= 15 is 0 Å². The Balaban J connectivity index is 0.000000214. The van der Waals surface area contributed by atoms with Crippen molar-refractivity contribution in [2.24, 2.45) is 0 Å². The molecule has 0 aliphatic heterocycles. The summed E-state index contributed by atoms with van der Waals surface area (Å²) < 4.78 is 0. The molecule has 6 aromatic rings. The Morgan fingerprint density at radius 3 is 0.464 bits per heavy atom. The van der Waals surface area contributed by atoms with Gasteiger partial charge >= 0.3 is 0 Å². The van der Waals surface area contributed by atoms with E-state index in [-0.39, 0.29) is 0 Å². The summed E-state index contributed by atoms with van der Waals surface area (Å²) in [6.45, 7) is 27.8. The van der Waals surface area contributed by atoms with Gasteiger partial charge < -0.3 is 0 Å². The van der Waals surface area contributed by atoms with Crippen molar-refractivity contribution in [1.82, 2.24) is 0 Å². The van der Waals surface area contributed by atoms with Crippen LogP contribution in [0.15, 0.2) is 146 Å². The van der Waals surface area contributed by atoms with Crippen molar-refractivity contribution in [3.8, 4) is 0 Å². The SMILES string of the molecule is CC(C)c1ccccc1P(c1ccccc1C(C)C)c1ccccc1C(C)C.CC(C)c1ccccc1P(c1ccccc1C(C)C)c1ccccc1C(C)C. The average molecular weight is 777 g/mol. The zero-order valence-corrected chi connectivity index (χ0v) is 38.0. The summed E-state index contributed by atoms with van der Waals surface area (Å²) >= 11 is 0. The number of benzene rings is 6. The maximum absolute atomic E-state index is 2.37. The van der Waals surface area contributed by atoms with E-state index in [1.54, 1.807) is 0 Å². The van der Waals surface area contributed by atoms with Crippen LogP contribution in [0.4, 0.5) is 0 Å². The highest BCUT2D eigenvalue weighted by molar-refractivity contribution is 7.80. The Labute approximate surface area is 343 Å². The zero-order chi connectivity index (χ0) is 40.5. The molecule has 0 amide bonds. The molecule has 0 aromatic heterocycles. The molecule has 2 heteroatoms. The Bertz CT molecular complexity index is 1750. The fourth-order valence-electron chi connectivity index (χ4n) is 7.85. The van der Waals surface area contributed by atoms with Crippen molar-refractivity contribution in [3.63, 3.8) is 0 Å². The van der Waals surface area contributed by atoms with Crippen LogP contribution in [-0.2, 0) is 0 Å². The Kier molecular flexibility index (Phi) is 15.5. The van der Waals surface area contributed by atoms with Gasteiger partial charge in [0.2, 0.25) is 0 Å². The third-order valence-corrected chi connectivity index (χ3v) is 16.1. The van der Waals surface area contributed by atoms with E-state index in [0.29, 0.717) is 35.5 Å². The van der Waals surface area contributed by atoms with Crippen LogP contribution in [0.2, 0.25) is 0 Å². The van der Waals surface area contributed by atoms with Crippen molar-refractivity contribution in [3.05, 3.63) is 179 Å². The lowest BCUT2D eigenvalue weighted by atomic mass is 10.0. The molecule has 0 spiro atoms. The second kappa shape index (κ2) is 20.0. The molecular formula is C54H66P2. The first-order valence-corrected chi connectivity index (χ1v) is 23.6. The average Bonchev–Trinajstić information content (AvgIpc) is 3.19. The third kappa shape index (κ3) is 10.00. The van der Waals surface area contributed by atoms with Gasteiger partial charge in [-0.1, -0.05) is 229 Å². The van der Waals surface area contributed by atoms with Gasteiger partial charge in [-0.3, -0.25) is 0 Å². The van der Waals surface area contributed by atoms with Crippen LogP contribution in [0.5, 0.6) is 0 Å². The lowest BCUT2D eigenvalue weighted by Crippen LogP contribution is -2.28. The highest BCUT2D eigenvalue weighted by atomic mass is 31.1. The maximum atomic E-state index is 2.37. The Morgan fingerprint density at radius 2 is 0.339 bits per heavy atom. The number of hydrogen-bond acceptors (Lipinski definition) is 0. The molecule has 0 saturated carbocycles. The van der Waals surface area contributed by atoms with E-state index < -0.39 is 15.8 Å². The van der Waals surface area contributed by atoms with Gasteiger partial charge in [-0.25, -0.2) is 0 Å². The third-order valence-electron chi connectivity index (χ3n) is 10.8. The molecule has 0 aliphatic carbocycles. The molecule has 0 unspecified atom stereocenters. The normalized spacial score (nSPS) is 11.8. The summed E-state index contributed by atoms with van der Waals surface area (Å²) in [6, 6.07) is 54.6. The highest BCUT2D eigenvalue weighted by Crippen LogP contribution is 2.42. The van der Waals surface area contributed by atoms with Gasteiger partial charge in [0.05, 0.1) is 0 Å². The summed E-state index contributed by atoms with van der Waals surface area (Å²) in [7, 11) is -1.21. The van der Waals surface area contributed by atoms with E-state index in [1.807, 2.05) is 0 Å². The van der Waals surface area contributed by atoms with E-state index in [1.165, 1.54) is 65.2 Å². The topological polar surface area (TPSA) is 0 Å². The van der Waals surface area contributed by atoms with Gasteiger partial charge in [-0.05, 0) is 117 Å². The quantitative estimate of drug-likeness (QED) is 0.109. The second-order valence-corrected chi connectivity index (χ2v) is 21.2. The molecule has 0 heterocycles. The molecule has 0 fully saturated rings. The molecule has 56 heavy (non-hydrogen) atoms. The molecule has 0 nitrogen and oxygen atoms in total. The van der Waals surface area contributed by atoms with E-state index in [0.717, 1.165) is 0 Å². The monoisotopic (exact) mass is 776 g/mol. The molecule has 6 aromatic carbocycles. The summed E-state index contributed by atoms with van der Waals surface area (Å²) in [5.74, 6) is 3.08. The Morgan fingerprint density at radius 1 is 0.214 bits per heavy atom. The van der Waals surface area contributed by atoms with Gasteiger partial charge in [-0.15, -0.1) is 0 Å². The fraction of sp³-hybridized carbons (Fsp3) is 0.333. The van der Waals surface area contributed by atoms with E-state index in [2.05, 4.69) is 229 Å². The minimum absolute atomic E-state index is 0.513. The first-order valence-electron chi connectivity index (χ1n) is 21.0. The minimum atomic E-state index is -0.606. The molecule has 0 atom stereocenters. The molecular weight excluding hydrogens is 711 g/mol. The molecule has 0 aliphatic rings. The van der Waals surface area contributed by atoms with Crippen LogP contribution in [0.1, 0.15) is 152 Å². The summed E-state index contributed by atoms with van der Waals surface area (Å²) in [5, 5.41) is 9.05. The minimum Gasteiger partial charge on any atom is -0.0619 e. The van der Waals surface area contributed by atoms with Gasteiger partial charge in [0.25, 0.3) is 0 Å². The summed E-state index contributed by atoms with van der Waals surface area (Å²) in [4.78, 5) is 0. The van der Waals surface area contributed by atoms with Crippen LogP contribution >= 0.6 is 15.8 Å². The first kappa shape index (κ1) is 43.3. The Hall–Kier alpha value is -3.82. The predicted molar refractivity (Wildman–Crippen MR) is 255 cm³/mol. The van der Waals surface area contributed by atoms with E-state index in [9.17, 15) is 0 Å². The van der Waals surface area contributed by atoms with Crippen molar-refractivity contribution in [2.75, 3.05) is 0 Å². The van der Waals surface area contributed by atoms with Crippen molar-refractivity contribution in [2.45, 2.75) is 119 Å². The van der Waals surface area contributed by atoms with Gasteiger partial charge in [0.1, 0.15) is 0 Å². The summed E-state index contributed by atoms with van der Waals surface area (Å²) in [6.07, 6.45) is 0. The molecule has 6 rings (SSSR count). The summed E-state index contributed by atoms with van der Waals surface area (Å²) in [5.41, 5.74) is 8.87. The van der Waals surface area contributed by atoms with Gasteiger partial charge in [0.15, 0.2) is 0 Å². The molecule has 0 saturated heterocycles. The number of hydrogen-bond donors (Lipinski definition) is 0. The molecule has 292 valence electrons. The fourth-order valence-corrected chi connectivity index (χ4v) is 14.4. The van der Waals surface area contributed by atoms with Crippen molar-refractivity contribution >= 4 is 47.7 Å². The second-order valence-electron chi connectivity index (χ2n) is 17.0. The van der Waals surface area contributed by atoms with Gasteiger partial charge in [0, 0.05) is 0 Å². The predicted octanol–water partition coefficient (Wildman–Crippen LogP) is 13.6. The van der Waals surface area contributed by atoms with Crippen LogP contribution in [-0.4, -0.2) is 0 Å². The van der Waals surface area contributed by atoms with Crippen molar-refractivity contribution < 1.29 is 0 Å².